The lowest BCUT2D eigenvalue weighted by Gasteiger charge is -2.07. The molecule has 2 aromatic carbocycles. The van der Waals surface area contributed by atoms with Crippen LogP contribution in [-0.4, -0.2) is 23.7 Å². The first kappa shape index (κ1) is 19.8. The number of hydrogen-bond acceptors (Lipinski definition) is 6. The van der Waals surface area contributed by atoms with E-state index < -0.39 is 10.8 Å². The molecule has 0 fully saturated rings. The van der Waals surface area contributed by atoms with Crippen molar-refractivity contribution >= 4 is 17.8 Å². The Balaban J connectivity index is 1.55. The predicted octanol–water partition coefficient (Wildman–Crippen LogP) is 4.00. The van der Waals surface area contributed by atoms with Crippen LogP contribution in [0.15, 0.2) is 64.1 Å². The number of hydrazone groups is 1. The number of carbonyl (C=O) groups is 1. The quantitative estimate of drug-likeness (QED) is 0.371. The molecule has 1 amide bonds. The van der Waals surface area contributed by atoms with E-state index >= 15 is 0 Å². The number of hydrogen-bond donors (Lipinski definition) is 1. The van der Waals surface area contributed by atoms with E-state index in [1.807, 2.05) is 32.0 Å². The molecule has 1 aromatic heterocycles. The van der Waals surface area contributed by atoms with Gasteiger partial charge in [-0.15, -0.1) is 0 Å². The smallest absolute Gasteiger partial charge is 0.277 e. The average Bonchev–Trinajstić information content (AvgIpc) is 3.15. The maximum absolute atomic E-state index is 11.9. The number of non-ortho nitro benzene ring substituents is 1. The van der Waals surface area contributed by atoms with E-state index in [1.165, 1.54) is 18.3 Å². The van der Waals surface area contributed by atoms with Gasteiger partial charge in [0.25, 0.3) is 11.6 Å². The molecule has 0 atom stereocenters. The average molecular weight is 393 g/mol. The van der Waals surface area contributed by atoms with Crippen LogP contribution in [0.4, 0.5) is 5.69 Å². The van der Waals surface area contributed by atoms with E-state index in [-0.39, 0.29) is 12.3 Å². The number of nitrogens with zero attached hydrogens (tertiary/aromatic N) is 2. The molecule has 29 heavy (non-hydrogen) atoms. The Labute approximate surface area is 167 Å². The zero-order chi connectivity index (χ0) is 20.8. The van der Waals surface area contributed by atoms with Gasteiger partial charge in [0.2, 0.25) is 0 Å². The fraction of sp³-hybridized carbons (Fsp3) is 0.143. The van der Waals surface area contributed by atoms with Crippen molar-refractivity contribution in [3.8, 4) is 17.1 Å². The van der Waals surface area contributed by atoms with E-state index in [1.54, 1.807) is 24.3 Å². The number of furan rings is 1. The van der Waals surface area contributed by atoms with Crippen molar-refractivity contribution in [1.82, 2.24) is 5.43 Å². The fourth-order valence-electron chi connectivity index (χ4n) is 2.72. The molecule has 3 aromatic rings. The number of aryl methyl sites for hydroxylation is 2. The van der Waals surface area contributed by atoms with Crippen LogP contribution in [0.25, 0.3) is 11.3 Å². The van der Waals surface area contributed by atoms with Gasteiger partial charge >= 0.3 is 0 Å². The van der Waals surface area contributed by atoms with Gasteiger partial charge in [0, 0.05) is 17.7 Å². The summed E-state index contributed by atoms with van der Waals surface area (Å²) >= 11 is 0. The van der Waals surface area contributed by atoms with Gasteiger partial charge in [-0.1, -0.05) is 18.2 Å². The number of nitro benzene ring substituents is 1. The summed E-state index contributed by atoms with van der Waals surface area (Å²) in [6.45, 7) is 3.74. The van der Waals surface area contributed by atoms with E-state index in [2.05, 4.69) is 10.5 Å². The zero-order valence-electron chi connectivity index (χ0n) is 15.9. The van der Waals surface area contributed by atoms with Crippen LogP contribution in [0.3, 0.4) is 0 Å². The molecule has 8 heteroatoms. The van der Waals surface area contributed by atoms with Gasteiger partial charge in [0.1, 0.15) is 17.3 Å². The zero-order valence-corrected chi connectivity index (χ0v) is 15.9. The van der Waals surface area contributed by atoms with E-state index in [9.17, 15) is 14.9 Å². The lowest BCUT2D eigenvalue weighted by atomic mass is 10.1. The molecule has 0 spiro atoms. The largest absolute Gasteiger partial charge is 0.484 e. The topological polar surface area (TPSA) is 107 Å². The SMILES string of the molecule is Cc1cc(C)cc(OCC(=O)NN=Cc2ccc(-c3cccc([N+](=O)[O-])c3)o2)c1. The molecular weight excluding hydrogens is 374 g/mol. The van der Waals surface area contributed by atoms with Crippen LogP contribution in [0.1, 0.15) is 16.9 Å². The van der Waals surface area contributed by atoms with Crippen molar-refractivity contribution in [2.45, 2.75) is 13.8 Å². The van der Waals surface area contributed by atoms with Gasteiger partial charge in [0.15, 0.2) is 6.61 Å². The highest BCUT2D eigenvalue weighted by Crippen LogP contribution is 2.25. The Bertz CT molecular complexity index is 1050. The third kappa shape index (κ3) is 5.52. The summed E-state index contributed by atoms with van der Waals surface area (Å²) in [4.78, 5) is 22.3. The number of ether oxygens (including phenoxy) is 1. The van der Waals surface area contributed by atoms with Gasteiger partial charge in [-0.05, 0) is 49.2 Å². The van der Waals surface area contributed by atoms with Crippen LogP contribution in [-0.2, 0) is 4.79 Å². The minimum atomic E-state index is -0.468. The minimum Gasteiger partial charge on any atom is -0.484 e. The first-order valence-corrected chi connectivity index (χ1v) is 8.78. The van der Waals surface area contributed by atoms with Crippen molar-refractivity contribution in [3.63, 3.8) is 0 Å². The summed E-state index contributed by atoms with van der Waals surface area (Å²) in [6, 6.07) is 15.2. The van der Waals surface area contributed by atoms with E-state index in [0.717, 1.165) is 11.1 Å². The Kier molecular flexibility index (Phi) is 6.03. The normalized spacial score (nSPS) is 10.8. The first-order chi connectivity index (χ1) is 13.9. The molecule has 8 nitrogen and oxygen atoms in total. The predicted molar refractivity (Wildman–Crippen MR) is 108 cm³/mol. The molecular formula is C21H19N3O5. The van der Waals surface area contributed by atoms with Crippen LogP contribution >= 0.6 is 0 Å². The summed E-state index contributed by atoms with van der Waals surface area (Å²) < 4.78 is 11.0. The summed E-state index contributed by atoms with van der Waals surface area (Å²) in [5, 5.41) is 14.7. The van der Waals surface area contributed by atoms with E-state index in [4.69, 9.17) is 9.15 Å². The first-order valence-electron chi connectivity index (χ1n) is 8.78. The molecule has 0 unspecified atom stereocenters. The maximum atomic E-state index is 11.9. The molecule has 0 aliphatic heterocycles. The highest BCUT2D eigenvalue weighted by Gasteiger charge is 2.10. The third-order valence-electron chi connectivity index (χ3n) is 3.91. The monoisotopic (exact) mass is 393 g/mol. The van der Waals surface area contributed by atoms with Crippen molar-refractivity contribution in [2.24, 2.45) is 5.10 Å². The lowest BCUT2D eigenvalue weighted by Crippen LogP contribution is -2.24. The van der Waals surface area contributed by atoms with Crippen molar-refractivity contribution < 1.29 is 18.9 Å². The Morgan fingerprint density at radius 1 is 1.17 bits per heavy atom. The van der Waals surface area contributed by atoms with Crippen molar-refractivity contribution in [1.29, 1.82) is 0 Å². The molecule has 0 bridgehead atoms. The second kappa shape index (κ2) is 8.83. The van der Waals surface area contributed by atoms with Crippen molar-refractivity contribution in [3.05, 3.63) is 81.6 Å². The maximum Gasteiger partial charge on any atom is 0.277 e. The van der Waals surface area contributed by atoms with Gasteiger partial charge in [-0.25, -0.2) is 5.43 Å². The lowest BCUT2D eigenvalue weighted by molar-refractivity contribution is -0.384. The number of nitrogens with one attached hydrogen (secondary N) is 1. The highest BCUT2D eigenvalue weighted by atomic mass is 16.6. The fourth-order valence-corrected chi connectivity index (χ4v) is 2.72. The van der Waals surface area contributed by atoms with Crippen molar-refractivity contribution in [2.75, 3.05) is 6.61 Å². The van der Waals surface area contributed by atoms with Gasteiger partial charge in [-0.2, -0.15) is 5.10 Å². The Morgan fingerprint density at radius 2 is 1.93 bits per heavy atom. The Hall–Kier alpha value is -3.94. The number of nitro groups is 1. The molecule has 0 aliphatic carbocycles. The van der Waals surface area contributed by atoms with Gasteiger partial charge in [0.05, 0.1) is 11.1 Å². The number of carbonyl (C=O) groups excluding carboxylic acids is 1. The number of benzene rings is 2. The molecule has 0 saturated heterocycles. The molecule has 0 radical (unpaired) electrons. The molecule has 0 aliphatic rings. The number of amides is 1. The minimum absolute atomic E-state index is 0.0230. The van der Waals surface area contributed by atoms with Crippen LogP contribution < -0.4 is 10.2 Å². The third-order valence-corrected chi connectivity index (χ3v) is 3.91. The second-order valence-electron chi connectivity index (χ2n) is 6.41. The number of rotatable bonds is 7. The van der Waals surface area contributed by atoms with Crippen LogP contribution in [0.5, 0.6) is 5.75 Å². The second-order valence-corrected chi connectivity index (χ2v) is 6.41. The van der Waals surface area contributed by atoms with Crippen LogP contribution in [0.2, 0.25) is 0 Å². The summed E-state index contributed by atoms with van der Waals surface area (Å²) in [7, 11) is 0. The molecule has 148 valence electrons. The molecule has 1 N–H and O–H groups in total. The van der Waals surface area contributed by atoms with Gasteiger partial charge in [-0.3, -0.25) is 14.9 Å². The van der Waals surface area contributed by atoms with Gasteiger partial charge < -0.3 is 9.15 Å². The summed E-state index contributed by atoms with van der Waals surface area (Å²) in [5.74, 6) is 1.06. The van der Waals surface area contributed by atoms with E-state index in [0.29, 0.717) is 22.8 Å². The summed E-state index contributed by atoms with van der Waals surface area (Å²) in [5.41, 5.74) is 5.01. The summed E-state index contributed by atoms with van der Waals surface area (Å²) in [6.07, 6.45) is 1.34. The Morgan fingerprint density at radius 3 is 2.66 bits per heavy atom. The molecule has 1 heterocycles. The highest BCUT2D eigenvalue weighted by molar-refractivity contribution is 5.81. The standard InChI is InChI=1S/C21H19N3O5/c1-14-8-15(2)10-19(9-14)28-13-21(25)23-22-12-18-6-7-20(29-18)16-4-3-5-17(11-16)24(26)27/h3-12H,13H2,1-2H3,(H,23,25). The van der Waals surface area contributed by atoms with Crippen LogP contribution in [0, 0.1) is 24.0 Å². The molecule has 0 saturated carbocycles. The molecule has 3 rings (SSSR count).